The van der Waals surface area contributed by atoms with Crippen molar-refractivity contribution in [1.82, 2.24) is 0 Å². The molecule has 1 aliphatic rings. The van der Waals surface area contributed by atoms with Crippen LogP contribution in [-0.4, -0.2) is 20.5 Å². The summed E-state index contributed by atoms with van der Waals surface area (Å²) in [4.78, 5) is 12.0. The molecule has 0 bridgehead atoms. The lowest BCUT2D eigenvalue weighted by Crippen LogP contribution is -2.28. The number of hydrogen-bond donors (Lipinski definition) is 1. The first-order valence-corrected chi connectivity index (χ1v) is 8.92. The highest BCUT2D eigenvalue weighted by atomic mass is 32.2. The summed E-state index contributed by atoms with van der Waals surface area (Å²) in [6.07, 6.45) is 3.68. The number of sulfonamides is 1. The number of carbonyl (C=O) groups is 1. The molecule has 0 unspecified atom stereocenters. The molecule has 0 atom stereocenters. The summed E-state index contributed by atoms with van der Waals surface area (Å²) in [6, 6.07) is 1.27. The lowest BCUT2D eigenvalue weighted by Gasteiger charge is -2.33. The van der Waals surface area contributed by atoms with Gasteiger partial charge >= 0.3 is 5.97 Å². The van der Waals surface area contributed by atoms with Gasteiger partial charge in [-0.1, -0.05) is 13.8 Å². The second kappa shape index (κ2) is 5.46. The maximum absolute atomic E-state index is 12.0. The van der Waals surface area contributed by atoms with E-state index in [0.29, 0.717) is 5.41 Å². The van der Waals surface area contributed by atoms with Crippen LogP contribution in [0.3, 0.4) is 0 Å². The zero-order chi connectivity index (χ0) is 15.0. The molecule has 20 heavy (non-hydrogen) atoms. The summed E-state index contributed by atoms with van der Waals surface area (Å²) in [5.74, 6) is -0.471. The lowest BCUT2D eigenvalue weighted by atomic mass is 9.76. The lowest BCUT2D eigenvalue weighted by molar-refractivity contribution is 0.00955. The second-order valence-electron chi connectivity index (χ2n) is 5.97. The first-order valence-electron chi connectivity index (χ1n) is 6.50. The monoisotopic (exact) mass is 317 g/mol. The van der Waals surface area contributed by atoms with Crippen molar-refractivity contribution in [1.29, 1.82) is 0 Å². The van der Waals surface area contributed by atoms with Crippen molar-refractivity contribution in [3.05, 3.63) is 17.0 Å². The topological polar surface area (TPSA) is 86.5 Å². The normalized spacial score (nSPS) is 19.8. The zero-order valence-corrected chi connectivity index (χ0v) is 13.2. The number of nitrogens with two attached hydrogens (primary N) is 1. The zero-order valence-electron chi connectivity index (χ0n) is 11.6. The third kappa shape index (κ3) is 3.80. The van der Waals surface area contributed by atoms with Crippen molar-refractivity contribution in [2.75, 3.05) is 0 Å². The van der Waals surface area contributed by atoms with Crippen LogP contribution in [0, 0.1) is 5.41 Å². The number of esters is 1. The van der Waals surface area contributed by atoms with E-state index in [2.05, 4.69) is 13.8 Å². The molecule has 1 aromatic rings. The van der Waals surface area contributed by atoms with Gasteiger partial charge in [-0.2, -0.15) is 0 Å². The Balaban J connectivity index is 1.98. The Kier molecular flexibility index (Phi) is 4.22. The molecule has 5 nitrogen and oxygen atoms in total. The number of rotatable bonds is 3. The van der Waals surface area contributed by atoms with Gasteiger partial charge < -0.3 is 4.74 Å². The van der Waals surface area contributed by atoms with Crippen LogP contribution in [-0.2, 0) is 14.8 Å². The number of hydrogen-bond acceptors (Lipinski definition) is 5. The first-order chi connectivity index (χ1) is 9.17. The molecule has 1 fully saturated rings. The van der Waals surface area contributed by atoms with E-state index in [1.165, 1.54) is 11.4 Å². The average Bonchev–Trinajstić information content (AvgIpc) is 2.81. The molecule has 2 rings (SSSR count). The molecule has 112 valence electrons. The highest BCUT2D eigenvalue weighted by molar-refractivity contribution is 7.91. The van der Waals surface area contributed by atoms with E-state index in [1.54, 1.807) is 0 Å². The molecule has 1 aliphatic carbocycles. The summed E-state index contributed by atoms with van der Waals surface area (Å²) in [6.45, 7) is 4.42. The summed E-state index contributed by atoms with van der Waals surface area (Å²) in [7, 11) is -3.75. The highest BCUT2D eigenvalue weighted by Crippen LogP contribution is 2.36. The van der Waals surface area contributed by atoms with Gasteiger partial charge in [-0.3, -0.25) is 0 Å². The molecule has 0 radical (unpaired) electrons. The van der Waals surface area contributed by atoms with Gasteiger partial charge in [-0.05, 0) is 37.2 Å². The van der Waals surface area contributed by atoms with Crippen LogP contribution in [0.15, 0.2) is 15.7 Å². The van der Waals surface area contributed by atoms with Gasteiger partial charge in [-0.15, -0.1) is 11.3 Å². The smallest absolute Gasteiger partial charge is 0.339 e. The van der Waals surface area contributed by atoms with Crippen LogP contribution in [0.4, 0.5) is 0 Å². The van der Waals surface area contributed by atoms with Gasteiger partial charge in [0.05, 0.1) is 5.56 Å². The Bertz CT molecular complexity index is 594. The summed E-state index contributed by atoms with van der Waals surface area (Å²) in [5.41, 5.74) is 0.565. The molecule has 1 saturated carbocycles. The third-order valence-corrected chi connectivity index (χ3v) is 6.04. The van der Waals surface area contributed by atoms with E-state index in [9.17, 15) is 13.2 Å². The fraction of sp³-hybridized carbons (Fsp3) is 0.615. The molecular formula is C13H19NO4S2. The minimum absolute atomic E-state index is 0.0192. The molecule has 2 N–H and O–H groups in total. The SMILES string of the molecule is CC1(C)CCC(OC(=O)c2csc(S(N)(=O)=O)c2)CC1. The van der Waals surface area contributed by atoms with E-state index in [1.807, 2.05) is 0 Å². The van der Waals surface area contributed by atoms with Crippen LogP contribution in [0.25, 0.3) is 0 Å². The Morgan fingerprint density at radius 1 is 1.40 bits per heavy atom. The van der Waals surface area contributed by atoms with Crippen LogP contribution in [0.2, 0.25) is 0 Å². The maximum atomic E-state index is 12.0. The number of thiophene rings is 1. The molecule has 1 aromatic heterocycles. The molecule has 1 heterocycles. The molecule has 0 spiro atoms. The number of primary sulfonamides is 1. The quantitative estimate of drug-likeness (QED) is 0.868. The second-order valence-corrected chi connectivity index (χ2v) is 8.67. The van der Waals surface area contributed by atoms with E-state index < -0.39 is 16.0 Å². The fourth-order valence-corrected chi connectivity index (χ4v) is 3.86. The van der Waals surface area contributed by atoms with Crippen molar-refractivity contribution in [2.24, 2.45) is 10.6 Å². The Morgan fingerprint density at radius 3 is 2.50 bits per heavy atom. The van der Waals surface area contributed by atoms with Gasteiger partial charge in [0.2, 0.25) is 10.0 Å². The van der Waals surface area contributed by atoms with E-state index in [4.69, 9.17) is 9.88 Å². The Hall–Kier alpha value is -0.920. The van der Waals surface area contributed by atoms with Gasteiger partial charge in [-0.25, -0.2) is 18.4 Å². The van der Waals surface area contributed by atoms with Crippen LogP contribution in [0.1, 0.15) is 49.9 Å². The van der Waals surface area contributed by atoms with Crippen LogP contribution >= 0.6 is 11.3 Å². The van der Waals surface area contributed by atoms with E-state index in [-0.39, 0.29) is 15.9 Å². The van der Waals surface area contributed by atoms with E-state index >= 15 is 0 Å². The third-order valence-electron chi connectivity index (χ3n) is 3.65. The van der Waals surface area contributed by atoms with Crippen LogP contribution in [0.5, 0.6) is 0 Å². The van der Waals surface area contributed by atoms with Gasteiger partial charge in [0.25, 0.3) is 0 Å². The predicted molar refractivity (Wildman–Crippen MR) is 77.1 cm³/mol. The Morgan fingerprint density at radius 2 is 2.00 bits per heavy atom. The number of carbonyl (C=O) groups excluding carboxylic acids is 1. The molecule has 7 heteroatoms. The Labute approximate surface area is 123 Å². The largest absolute Gasteiger partial charge is 0.459 e. The average molecular weight is 317 g/mol. The van der Waals surface area contributed by atoms with Crippen molar-refractivity contribution in [3.8, 4) is 0 Å². The first kappa shape index (κ1) is 15.5. The van der Waals surface area contributed by atoms with Crippen molar-refractivity contribution in [2.45, 2.75) is 49.8 Å². The predicted octanol–water partition coefficient (Wildman–Crippen LogP) is 2.52. The van der Waals surface area contributed by atoms with Gasteiger partial charge in [0, 0.05) is 5.38 Å². The number of ether oxygens (including phenoxy) is 1. The highest BCUT2D eigenvalue weighted by Gasteiger charge is 2.29. The van der Waals surface area contributed by atoms with Crippen LogP contribution < -0.4 is 5.14 Å². The standard InChI is InChI=1S/C13H19NO4S2/c1-13(2)5-3-10(4-6-13)18-12(15)9-7-11(19-8-9)20(14,16)17/h7-8,10H,3-6H2,1-2H3,(H2,14,16,17). The van der Waals surface area contributed by atoms with E-state index in [0.717, 1.165) is 37.0 Å². The molecule has 0 saturated heterocycles. The summed E-state index contributed by atoms with van der Waals surface area (Å²) in [5, 5.41) is 6.48. The maximum Gasteiger partial charge on any atom is 0.339 e. The van der Waals surface area contributed by atoms with Crippen molar-refractivity contribution >= 4 is 27.3 Å². The fourth-order valence-electron chi connectivity index (χ4n) is 2.28. The van der Waals surface area contributed by atoms with Gasteiger partial charge in [0.1, 0.15) is 10.3 Å². The van der Waals surface area contributed by atoms with Gasteiger partial charge in [0.15, 0.2) is 0 Å². The van der Waals surface area contributed by atoms with Crippen molar-refractivity contribution in [3.63, 3.8) is 0 Å². The molecule has 0 aromatic carbocycles. The molecule has 0 amide bonds. The minimum atomic E-state index is -3.75. The summed E-state index contributed by atoms with van der Waals surface area (Å²) >= 11 is 0.933. The minimum Gasteiger partial charge on any atom is -0.459 e. The molecule has 0 aliphatic heterocycles. The summed E-state index contributed by atoms with van der Waals surface area (Å²) < 4.78 is 27.7. The molecular weight excluding hydrogens is 298 g/mol. The van der Waals surface area contributed by atoms with Crippen molar-refractivity contribution < 1.29 is 17.9 Å².